The van der Waals surface area contributed by atoms with Gasteiger partial charge in [-0.15, -0.1) is 0 Å². The number of carboxylic acids is 1. The van der Waals surface area contributed by atoms with Gasteiger partial charge in [-0.25, -0.2) is 17.6 Å². The van der Waals surface area contributed by atoms with Crippen molar-refractivity contribution in [2.75, 3.05) is 11.3 Å². The summed E-state index contributed by atoms with van der Waals surface area (Å²) in [5.41, 5.74) is 1.03. The van der Waals surface area contributed by atoms with E-state index < -0.39 is 39.1 Å². The van der Waals surface area contributed by atoms with Crippen LogP contribution in [0.1, 0.15) is 0 Å². The molecular formula is C20H14Cl2FNO5S. The minimum atomic E-state index is -4.44. The third kappa shape index (κ3) is 5.02. The van der Waals surface area contributed by atoms with Crippen molar-refractivity contribution in [3.05, 3.63) is 76.5 Å². The second-order valence-corrected chi connectivity index (χ2v) is 8.56. The van der Waals surface area contributed by atoms with Crippen LogP contribution < -0.4 is 9.46 Å². The molecule has 0 unspecified atom stereocenters. The van der Waals surface area contributed by atoms with Crippen LogP contribution in [0.15, 0.2) is 65.6 Å². The largest absolute Gasteiger partial charge is 0.479 e. The normalized spacial score (nSPS) is 11.2. The molecule has 2 N–H and O–H groups in total. The average Bonchev–Trinajstić information content (AvgIpc) is 2.69. The van der Waals surface area contributed by atoms with E-state index in [1.54, 1.807) is 24.3 Å². The Morgan fingerprint density at radius 1 is 1.03 bits per heavy atom. The summed E-state index contributed by atoms with van der Waals surface area (Å²) in [4.78, 5) is 10.3. The molecule has 6 nitrogen and oxygen atoms in total. The van der Waals surface area contributed by atoms with E-state index in [2.05, 4.69) is 4.72 Å². The summed E-state index contributed by atoms with van der Waals surface area (Å²) in [5.74, 6) is -2.55. The number of sulfonamides is 1. The van der Waals surface area contributed by atoms with Crippen molar-refractivity contribution in [3.63, 3.8) is 0 Å². The molecule has 3 rings (SSSR count). The van der Waals surface area contributed by atoms with E-state index in [1.807, 2.05) is 6.07 Å². The molecule has 0 amide bonds. The van der Waals surface area contributed by atoms with E-state index in [0.29, 0.717) is 5.56 Å². The van der Waals surface area contributed by atoms with Gasteiger partial charge in [-0.2, -0.15) is 0 Å². The maximum absolute atomic E-state index is 14.4. The number of nitrogens with one attached hydrogen (secondary N) is 1. The highest BCUT2D eigenvalue weighted by atomic mass is 35.5. The quantitative estimate of drug-likeness (QED) is 0.504. The van der Waals surface area contributed by atoms with Gasteiger partial charge in [-0.3, -0.25) is 4.72 Å². The summed E-state index contributed by atoms with van der Waals surface area (Å²) in [6.45, 7) is -0.832. The molecular weight excluding hydrogens is 456 g/mol. The summed E-state index contributed by atoms with van der Waals surface area (Å²) in [6.07, 6.45) is 0. The first-order valence-corrected chi connectivity index (χ1v) is 10.6. The molecule has 10 heteroatoms. The molecule has 0 aliphatic heterocycles. The van der Waals surface area contributed by atoms with Crippen molar-refractivity contribution < 1.29 is 27.4 Å². The molecule has 0 saturated carbocycles. The molecule has 156 valence electrons. The molecule has 0 aliphatic rings. The van der Waals surface area contributed by atoms with Crippen LogP contribution in [-0.4, -0.2) is 26.1 Å². The maximum atomic E-state index is 14.4. The zero-order valence-corrected chi connectivity index (χ0v) is 17.4. The third-order valence-corrected chi connectivity index (χ3v) is 5.79. The monoisotopic (exact) mass is 469 g/mol. The Morgan fingerprint density at radius 3 is 2.40 bits per heavy atom. The molecule has 0 bridgehead atoms. The van der Waals surface area contributed by atoms with Crippen molar-refractivity contribution in [1.82, 2.24) is 0 Å². The highest BCUT2D eigenvalue weighted by Crippen LogP contribution is 2.37. The number of hydrogen-bond acceptors (Lipinski definition) is 4. The summed E-state index contributed by atoms with van der Waals surface area (Å²) < 4.78 is 47.4. The second-order valence-electron chi connectivity index (χ2n) is 6.06. The van der Waals surface area contributed by atoms with E-state index in [4.69, 9.17) is 33.0 Å². The van der Waals surface area contributed by atoms with E-state index in [1.165, 1.54) is 18.2 Å². The number of hydrogen-bond donors (Lipinski definition) is 2. The van der Waals surface area contributed by atoms with E-state index >= 15 is 0 Å². The minimum Gasteiger partial charge on any atom is -0.479 e. The Hall–Kier alpha value is -2.81. The lowest BCUT2D eigenvalue weighted by Gasteiger charge is -2.15. The van der Waals surface area contributed by atoms with E-state index in [9.17, 15) is 17.6 Å². The topological polar surface area (TPSA) is 92.7 Å². The SMILES string of the molecule is O=C(O)COc1c(Cl)cc(Cl)cc1S(=O)(=O)Nc1cc(-c2ccccc2)ccc1F. The van der Waals surface area contributed by atoms with Gasteiger partial charge in [0, 0.05) is 5.02 Å². The van der Waals surface area contributed by atoms with Crippen LogP contribution in [0.5, 0.6) is 5.75 Å². The smallest absolute Gasteiger partial charge is 0.341 e. The molecule has 30 heavy (non-hydrogen) atoms. The molecule has 0 fully saturated rings. The van der Waals surface area contributed by atoms with Crippen LogP contribution in [0, 0.1) is 5.82 Å². The lowest BCUT2D eigenvalue weighted by atomic mass is 10.1. The van der Waals surface area contributed by atoms with Gasteiger partial charge < -0.3 is 9.84 Å². The number of anilines is 1. The summed E-state index contributed by atoms with van der Waals surface area (Å²) in [6, 6.07) is 15.2. The number of rotatable bonds is 7. The van der Waals surface area contributed by atoms with Crippen molar-refractivity contribution in [2.24, 2.45) is 0 Å². The summed E-state index contributed by atoms with van der Waals surface area (Å²) in [7, 11) is -4.44. The predicted octanol–water partition coefficient (Wildman–Crippen LogP) is 5.06. The highest BCUT2D eigenvalue weighted by molar-refractivity contribution is 7.92. The molecule has 0 spiro atoms. The number of ether oxygens (including phenoxy) is 1. The van der Waals surface area contributed by atoms with Gasteiger partial charge in [0.2, 0.25) is 0 Å². The fraction of sp³-hybridized carbons (Fsp3) is 0.0500. The molecule has 0 radical (unpaired) electrons. The van der Waals surface area contributed by atoms with Crippen molar-refractivity contribution in [1.29, 1.82) is 0 Å². The third-order valence-electron chi connectivity index (χ3n) is 3.92. The summed E-state index contributed by atoms with van der Waals surface area (Å²) in [5, 5.41) is 8.58. The van der Waals surface area contributed by atoms with Crippen molar-refractivity contribution in [2.45, 2.75) is 4.90 Å². The van der Waals surface area contributed by atoms with Crippen LogP contribution in [0.25, 0.3) is 11.1 Å². The fourth-order valence-electron chi connectivity index (χ4n) is 2.62. The number of carboxylic acid groups (broad SMARTS) is 1. The van der Waals surface area contributed by atoms with Gasteiger partial charge in [0.05, 0.1) is 10.7 Å². The van der Waals surface area contributed by atoms with Crippen LogP contribution in [0.4, 0.5) is 10.1 Å². The van der Waals surface area contributed by atoms with Gasteiger partial charge >= 0.3 is 5.97 Å². The molecule has 0 heterocycles. The van der Waals surface area contributed by atoms with Crippen LogP contribution in [0.2, 0.25) is 10.0 Å². The van der Waals surface area contributed by atoms with Gasteiger partial charge in [-0.1, -0.05) is 59.6 Å². The Bertz CT molecular complexity index is 1200. The maximum Gasteiger partial charge on any atom is 0.341 e. The van der Waals surface area contributed by atoms with E-state index in [0.717, 1.165) is 17.7 Å². The van der Waals surface area contributed by atoms with Crippen molar-refractivity contribution >= 4 is 44.9 Å². The Labute approximate surface area is 181 Å². The lowest BCUT2D eigenvalue weighted by molar-refractivity contribution is -0.139. The minimum absolute atomic E-state index is 0.0263. The first-order valence-electron chi connectivity index (χ1n) is 8.39. The second kappa shape index (κ2) is 8.91. The van der Waals surface area contributed by atoms with Crippen molar-refractivity contribution in [3.8, 4) is 16.9 Å². The van der Waals surface area contributed by atoms with Gasteiger partial charge in [0.15, 0.2) is 12.4 Å². The standard InChI is InChI=1S/C20H14Cl2FNO5S/c21-14-9-15(22)20(29-11-19(25)26)18(10-14)30(27,28)24-17-8-13(6-7-16(17)23)12-4-2-1-3-5-12/h1-10,24H,11H2,(H,25,26). The molecule has 0 aliphatic carbocycles. The molecule has 0 saturated heterocycles. The van der Waals surface area contributed by atoms with Crippen LogP contribution in [-0.2, 0) is 14.8 Å². The zero-order chi connectivity index (χ0) is 21.9. The summed E-state index contributed by atoms with van der Waals surface area (Å²) >= 11 is 11.9. The Balaban J connectivity index is 2.02. The van der Waals surface area contributed by atoms with Gasteiger partial charge in [0.1, 0.15) is 10.7 Å². The number of halogens is 3. The number of carbonyl (C=O) groups is 1. The molecule has 0 atom stereocenters. The van der Waals surface area contributed by atoms with Gasteiger partial charge in [-0.05, 0) is 35.4 Å². The van der Waals surface area contributed by atoms with Crippen LogP contribution in [0.3, 0.4) is 0 Å². The first kappa shape index (κ1) is 21.9. The lowest BCUT2D eigenvalue weighted by Crippen LogP contribution is -2.17. The molecule has 3 aromatic rings. The Kier molecular flexibility index (Phi) is 6.50. The average molecular weight is 470 g/mol. The zero-order valence-electron chi connectivity index (χ0n) is 15.1. The highest BCUT2D eigenvalue weighted by Gasteiger charge is 2.25. The molecule has 3 aromatic carbocycles. The number of benzene rings is 3. The van der Waals surface area contributed by atoms with E-state index in [-0.39, 0.29) is 15.7 Å². The first-order chi connectivity index (χ1) is 14.2. The predicted molar refractivity (Wildman–Crippen MR) is 112 cm³/mol. The van der Waals surface area contributed by atoms with Crippen LogP contribution >= 0.6 is 23.2 Å². The molecule has 0 aromatic heterocycles. The Morgan fingerprint density at radius 2 is 1.73 bits per heavy atom. The fourth-order valence-corrected chi connectivity index (χ4v) is 4.54. The number of aliphatic carboxylic acids is 1. The van der Waals surface area contributed by atoms with Gasteiger partial charge in [0.25, 0.3) is 10.0 Å².